The Labute approximate surface area is 123 Å². The van der Waals surface area contributed by atoms with Crippen molar-refractivity contribution in [2.45, 2.75) is 44.4 Å². The van der Waals surface area contributed by atoms with Gasteiger partial charge in [-0.15, -0.1) is 5.10 Å². The van der Waals surface area contributed by atoms with Gasteiger partial charge in [-0.1, -0.05) is 16.4 Å². The number of aromatic nitrogens is 2. The van der Waals surface area contributed by atoms with Crippen molar-refractivity contribution in [3.63, 3.8) is 0 Å². The Morgan fingerprint density at radius 2 is 2.10 bits per heavy atom. The Kier molecular flexibility index (Phi) is 6.65. The summed E-state index contributed by atoms with van der Waals surface area (Å²) in [5.74, 6) is 0. The summed E-state index contributed by atoms with van der Waals surface area (Å²) in [6.45, 7) is 2.21. The summed E-state index contributed by atoms with van der Waals surface area (Å²) in [5, 5.41) is 13.1. The Morgan fingerprint density at radius 1 is 1.25 bits per heavy atom. The van der Waals surface area contributed by atoms with Gasteiger partial charge in [0.05, 0.1) is 12.7 Å². The van der Waals surface area contributed by atoms with Gasteiger partial charge in [-0.2, -0.15) is 0 Å². The fourth-order valence-electron chi connectivity index (χ4n) is 2.29. The van der Waals surface area contributed by atoms with Crippen LogP contribution in [0, 0.1) is 0 Å². The van der Waals surface area contributed by atoms with E-state index in [1.165, 1.54) is 11.3 Å². The first-order chi connectivity index (χ1) is 9.81. The number of methoxy groups -OCH3 is 2. The zero-order valence-corrected chi connectivity index (χ0v) is 12.9. The van der Waals surface area contributed by atoms with E-state index in [2.05, 4.69) is 15.5 Å². The van der Waals surface area contributed by atoms with Crippen molar-refractivity contribution in [1.29, 1.82) is 0 Å². The van der Waals surface area contributed by atoms with Crippen molar-refractivity contribution in [2.24, 2.45) is 0 Å². The second-order valence-electron chi connectivity index (χ2n) is 4.90. The molecule has 1 aromatic rings. The van der Waals surface area contributed by atoms with Crippen LogP contribution in [0.2, 0.25) is 0 Å². The summed E-state index contributed by atoms with van der Waals surface area (Å²) < 4.78 is 16.3. The van der Waals surface area contributed by atoms with Crippen LogP contribution in [0.3, 0.4) is 0 Å². The fourth-order valence-corrected chi connectivity index (χ4v) is 3.02. The molecule has 1 fully saturated rings. The van der Waals surface area contributed by atoms with Gasteiger partial charge in [-0.3, -0.25) is 0 Å². The first-order valence-electron chi connectivity index (χ1n) is 7.03. The van der Waals surface area contributed by atoms with E-state index in [0.717, 1.165) is 37.2 Å². The lowest BCUT2D eigenvalue weighted by Gasteiger charge is -2.27. The SMILES string of the molecule is COCCNCc1nnc(OC2CCCC(OC)C2)s1. The molecule has 1 aliphatic rings. The highest BCUT2D eigenvalue weighted by Crippen LogP contribution is 2.26. The van der Waals surface area contributed by atoms with Crippen molar-refractivity contribution in [3.05, 3.63) is 5.01 Å². The van der Waals surface area contributed by atoms with Gasteiger partial charge in [0.15, 0.2) is 0 Å². The van der Waals surface area contributed by atoms with Crippen LogP contribution in [0.1, 0.15) is 30.7 Å². The molecule has 2 atom stereocenters. The van der Waals surface area contributed by atoms with Gasteiger partial charge in [0.25, 0.3) is 5.19 Å². The minimum Gasteiger partial charge on any atom is -0.466 e. The number of rotatable bonds is 8. The first kappa shape index (κ1) is 15.6. The first-order valence-corrected chi connectivity index (χ1v) is 7.85. The molecule has 0 spiro atoms. The standard InChI is InChI=1S/C13H23N3O3S/c1-17-7-6-14-9-12-15-16-13(20-12)19-11-5-3-4-10(8-11)18-2/h10-11,14H,3-9H2,1-2H3. The zero-order chi connectivity index (χ0) is 14.2. The molecular weight excluding hydrogens is 278 g/mol. The van der Waals surface area contributed by atoms with Crippen molar-refractivity contribution in [2.75, 3.05) is 27.4 Å². The number of hydrogen-bond donors (Lipinski definition) is 1. The second-order valence-corrected chi connectivity index (χ2v) is 5.92. The van der Waals surface area contributed by atoms with Crippen LogP contribution in [0.4, 0.5) is 0 Å². The molecule has 0 saturated heterocycles. The minimum absolute atomic E-state index is 0.205. The molecule has 6 nitrogen and oxygen atoms in total. The normalized spacial score (nSPS) is 22.9. The Bertz CT molecular complexity index is 389. The minimum atomic E-state index is 0.205. The monoisotopic (exact) mass is 301 g/mol. The molecule has 20 heavy (non-hydrogen) atoms. The lowest BCUT2D eigenvalue weighted by atomic mass is 9.95. The van der Waals surface area contributed by atoms with Gasteiger partial charge in [0.1, 0.15) is 11.1 Å². The van der Waals surface area contributed by atoms with Gasteiger partial charge in [-0.05, 0) is 19.3 Å². The molecule has 1 aliphatic carbocycles. The molecule has 0 amide bonds. The summed E-state index contributed by atoms with van der Waals surface area (Å²) >= 11 is 1.50. The predicted molar refractivity (Wildman–Crippen MR) is 77.2 cm³/mol. The smallest absolute Gasteiger partial charge is 0.294 e. The molecule has 0 bridgehead atoms. The Balaban J connectivity index is 1.74. The quantitative estimate of drug-likeness (QED) is 0.736. The molecule has 114 valence electrons. The molecular formula is C13H23N3O3S. The summed E-state index contributed by atoms with van der Waals surface area (Å²) in [5.41, 5.74) is 0. The molecule has 1 heterocycles. The van der Waals surface area contributed by atoms with Crippen LogP contribution in [0.25, 0.3) is 0 Å². The van der Waals surface area contributed by atoms with Crippen LogP contribution in [0.5, 0.6) is 5.19 Å². The Morgan fingerprint density at radius 3 is 2.90 bits per heavy atom. The fraction of sp³-hybridized carbons (Fsp3) is 0.846. The lowest BCUT2D eigenvalue weighted by molar-refractivity contribution is 0.0207. The van der Waals surface area contributed by atoms with Crippen LogP contribution < -0.4 is 10.1 Å². The number of ether oxygens (including phenoxy) is 3. The molecule has 1 N–H and O–H groups in total. The van der Waals surface area contributed by atoms with Crippen molar-refractivity contribution in [1.82, 2.24) is 15.5 Å². The molecule has 0 radical (unpaired) electrons. The van der Waals surface area contributed by atoms with E-state index in [0.29, 0.717) is 24.4 Å². The summed E-state index contributed by atoms with van der Waals surface area (Å²) in [6, 6.07) is 0. The van der Waals surface area contributed by atoms with Crippen LogP contribution in [-0.4, -0.2) is 49.8 Å². The average molecular weight is 301 g/mol. The summed E-state index contributed by atoms with van der Waals surface area (Å²) in [4.78, 5) is 0. The maximum Gasteiger partial charge on any atom is 0.294 e. The van der Waals surface area contributed by atoms with Gasteiger partial charge in [-0.25, -0.2) is 0 Å². The van der Waals surface area contributed by atoms with Crippen LogP contribution in [-0.2, 0) is 16.0 Å². The number of hydrogen-bond acceptors (Lipinski definition) is 7. The maximum atomic E-state index is 5.91. The highest BCUT2D eigenvalue weighted by Gasteiger charge is 2.24. The number of nitrogens with zero attached hydrogens (tertiary/aromatic N) is 2. The van der Waals surface area contributed by atoms with E-state index < -0.39 is 0 Å². The van der Waals surface area contributed by atoms with E-state index in [9.17, 15) is 0 Å². The van der Waals surface area contributed by atoms with E-state index in [1.54, 1.807) is 14.2 Å². The van der Waals surface area contributed by atoms with Crippen LogP contribution in [0.15, 0.2) is 0 Å². The second kappa shape index (κ2) is 8.51. The molecule has 0 aromatic carbocycles. The van der Waals surface area contributed by atoms with Crippen molar-refractivity contribution >= 4 is 11.3 Å². The third-order valence-corrected chi connectivity index (χ3v) is 4.20. The molecule has 7 heteroatoms. The molecule has 2 rings (SSSR count). The predicted octanol–water partition coefficient (Wildman–Crippen LogP) is 1.61. The molecule has 1 aromatic heterocycles. The average Bonchev–Trinajstić information content (AvgIpc) is 2.91. The van der Waals surface area contributed by atoms with Crippen LogP contribution >= 0.6 is 11.3 Å². The van der Waals surface area contributed by atoms with E-state index in [4.69, 9.17) is 14.2 Å². The van der Waals surface area contributed by atoms with Crippen molar-refractivity contribution in [3.8, 4) is 5.19 Å². The summed E-state index contributed by atoms with van der Waals surface area (Å²) in [6.07, 6.45) is 4.81. The highest BCUT2D eigenvalue weighted by atomic mass is 32.1. The van der Waals surface area contributed by atoms with Gasteiger partial charge < -0.3 is 19.5 Å². The summed E-state index contributed by atoms with van der Waals surface area (Å²) in [7, 11) is 3.46. The maximum absolute atomic E-state index is 5.91. The van der Waals surface area contributed by atoms with Gasteiger partial charge in [0.2, 0.25) is 0 Å². The lowest BCUT2D eigenvalue weighted by Crippen LogP contribution is -2.29. The largest absolute Gasteiger partial charge is 0.466 e. The van der Waals surface area contributed by atoms with E-state index in [-0.39, 0.29) is 6.10 Å². The number of nitrogens with one attached hydrogen (secondary N) is 1. The highest BCUT2D eigenvalue weighted by molar-refractivity contribution is 7.13. The van der Waals surface area contributed by atoms with E-state index >= 15 is 0 Å². The Hall–Kier alpha value is -0.760. The van der Waals surface area contributed by atoms with Gasteiger partial charge >= 0.3 is 0 Å². The molecule has 2 unspecified atom stereocenters. The topological polar surface area (TPSA) is 65.5 Å². The van der Waals surface area contributed by atoms with E-state index in [1.807, 2.05) is 0 Å². The third-order valence-electron chi connectivity index (χ3n) is 3.39. The molecule has 0 aliphatic heterocycles. The molecule has 1 saturated carbocycles. The van der Waals surface area contributed by atoms with Crippen molar-refractivity contribution < 1.29 is 14.2 Å². The van der Waals surface area contributed by atoms with Gasteiger partial charge in [0, 0.05) is 33.7 Å². The third kappa shape index (κ3) is 4.97. The zero-order valence-electron chi connectivity index (χ0n) is 12.1.